The molecule has 2 aromatic carbocycles. The number of nitrogens with zero attached hydrogens (tertiary/aromatic N) is 2. The highest BCUT2D eigenvalue weighted by Gasteiger charge is 2.14. The Bertz CT molecular complexity index is 895. The molecular formula is C18H17ClN2O. The van der Waals surface area contributed by atoms with Gasteiger partial charge in [-0.25, -0.2) is 4.79 Å². The Labute approximate surface area is 134 Å². The number of aryl methyl sites for hydroxylation is 1. The maximum absolute atomic E-state index is 12.5. The van der Waals surface area contributed by atoms with E-state index in [2.05, 4.69) is 4.98 Å². The standard InChI is InChI=1S/C18H17ClN2O/c1-11(2)21-16-10-12(3)4-9-15(16)17(20-18(21)22)13-5-7-14(19)8-6-13/h4-11H,1-3H3. The lowest BCUT2D eigenvalue weighted by Gasteiger charge is -2.16. The van der Waals surface area contributed by atoms with Crippen molar-refractivity contribution in [3.05, 3.63) is 63.5 Å². The molecule has 0 bridgehead atoms. The van der Waals surface area contributed by atoms with Crippen molar-refractivity contribution in [1.29, 1.82) is 0 Å². The van der Waals surface area contributed by atoms with E-state index in [1.54, 1.807) is 4.57 Å². The molecule has 0 amide bonds. The summed E-state index contributed by atoms with van der Waals surface area (Å²) in [5, 5.41) is 1.64. The van der Waals surface area contributed by atoms with Crippen molar-refractivity contribution < 1.29 is 0 Å². The molecule has 0 unspecified atom stereocenters. The summed E-state index contributed by atoms with van der Waals surface area (Å²) in [5.41, 5.74) is 3.41. The lowest BCUT2D eigenvalue weighted by Crippen LogP contribution is -2.25. The predicted octanol–water partition coefficient (Wildman–Crippen LogP) is 4.61. The van der Waals surface area contributed by atoms with Gasteiger partial charge >= 0.3 is 5.69 Å². The van der Waals surface area contributed by atoms with Gasteiger partial charge in [-0.05, 0) is 44.5 Å². The van der Waals surface area contributed by atoms with Crippen molar-refractivity contribution in [2.24, 2.45) is 0 Å². The van der Waals surface area contributed by atoms with Crippen molar-refractivity contribution in [3.63, 3.8) is 0 Å². The molecule has 0 aliphatic carbocycles. The summed E-state index contributed by atoms with van der Waals surface area (Å²) >= 11 is 5.95. The fraction of sp³-hybridized carbons (Fsp3) is 0.222. The summed E-state index contributed by atoms with van der Waals surface area (Å²) in [6, 6.07) is 13.6. The number of hydrogen-bond donors (Lipinski definition) is 0. The van der Waals surface area contributed by atoms with Crippen LogP contribution >= 0.6 is 11.6 Å². The van der Waals surface area contributed by atoms with Crippen LogP contribution in [0.4, 0.5) is 0 Å². The molecule has 3 nitrogen and oxygen atoms in total. The first-order valence-electron chi connectivity index (χ1n) is 7.26. The normalized spacial score (nSPS) is 11.3. The number of halogens is 1. The summed E-state index contributed by atoms with van der Waals surface area (Å²) in [6.07, 6.45) is 0. The molecule has 0 N–H and O–H groups in total. The minimum absolute atomic E-state index is 0.0589. The molecular weight excluding hydrogens is 296 g/mol. The third-order valence-corrected chi connectivity index (χ3v) is 3.97. The predicted molar refractivity (Wildman–Crippen MR) is 91.6 cm³/mol. The van der Waals surface area contributed by atoms with Gasteiger partial charge in [0.2, 0.25) is 0 Å². The zero-order valence-electron chi connectivity index (χ0n) is 12.8. The van der Waals surface area contributed by atoms with Gasteiger partial charge in [-0.15, -0.1) is 0 Å². The molecule has 0 fully saturated rings. The minimum Gasteiger partial charge on any atom is -0.289 e. The minimum atomic E-state index is -0.224. The van der Waals surface area contributed by atoms with Crippen LogP contribution in [-0.2, 0) is 0 Å². The first-order valence-corrected chi connectivity index (χ1v) is 7.64. The van der Waals surface area contributed by atoms with E-state index in [9.17, 15) is 4.79 Å². The second-order valence-corrected chi connectivity index (χ2v) is 6.17. The van der Waals surface area contributed by atoms with Gasteiger partial charge in [-0.1, -0.05) is 35.9 Å². The molecule has 4 heteroatoms. The average Bonchev–Trinajstić information content (AvgIpc) is 2.46. The van der Waals surface area contributed by atoms with Gasteiger partial charge in [0.1, 0.15) is 0 Å². The number of hydrogen-bond acceptors (Lipinski definition) is 2. The highest BCUT2D eigenvalue weighted by Crippen LogP contribution is 2.28. The van der Waals surface area contributed by atoms with E-state index in [4.69, 9.17) is 11.6 Å². The van der Waals surface area contributed by atoms with Crippen LogP contribution in [0.3, 0.4) is 0 Å². The van der Waals surface area contributed by atoms with Crippen molar-refractivity contribution in [2.45, 2.75) is 26.8 Å². The molecule has 0 spiro atoms. The van der Waals surface area contributed by atoms with Gasteiger partial charge in [0.25, 0.3) is 0 Å². The summed E-state index contributed by atoms with van der Waals surface area (Å²) in [5.74, 6) is 0. The van der Waals surface area contributed by atoms with E-state index in [1.165, 1.54) is 0 Å². The molecule has 112 valence electrons. The highest BCUT2D eigenvalue weighted by atomic mass is 35.5. The van der Waals surface area contributed by atoms with Crippen LogP contribution in [0.2, 0.25) is 5.02 Å². The first kappa shape index (κ1) is 14.8. The summed E-state index contributed by atoms with van der Waals surface area (Å²) < 4.78 is 1.74. The van der Waals surface area contributed by atoms with E-state index in [1.807, 2.05) is 63.2 Å². The van der Waals surface area contributed by atoms with Crippen LogP contribution in [-0.4, -0.2) is 9.55 Å². The second-order valence-electron chi connectivity index (χ2n) is 5.73. The van der Waals surface area contributed by atoms with Gasteiger partial charge in [0.15, 0.2) is 0 Å². The summed E-state index contributed by atoms with van der Waals surface area (Å²) in [4.78, 5) is 16.8. The zero-order valence-corrected chi connectivity index (χ0v) is 13.6. The van der Waals surface area contributed by atoms with Gasteiger partial charge in [0.05, 0.1) is 11.2 Å². The number of benzene rings is 2. The van der Waals surface area contributed by atoms with Gasteiger partial charge in [0, 0.05) is 22.0 Å². The van der Waals surface area contributed by atoms with Crippen molar-refractivity contribution in [1.82, 2.24) is 9.55 Å². The van der Waals surface area contributed by atoms with Gasteiger partial charge in [-0.2, -0.15) is 4.98 Å². The lowest BCUT2D eigenvalue weighted by atomic mass is 10.0. The largest absolute Gasteiger partial charge is 0.348 e. The van der Waals surface area contributed by atoms with Crippen molar-refractivity contribution in [3.8, 4) is 11.3 Å². The van der Waals surface area contributed by atoms with Crippen LogP contribution in [0.1, 0.15) is 25.5 Å². The van der Waals surface area contributed by atoms with Crippen molar-refractivity contribution >= 4 is 22.5 Å². The van der Waals surface area contributed by atoms with Crippen LogP contribution in [0.25, 0.3) is 22.2 Å². The average molecular weight is 313 g/mol. The molecule has 3 aromatic rings. The number of fused-ring (bicyclic) bond motifs is 1. The summed E-state index contributed by atoms with van der Waals surface area (Å²) in [7, 11) is 0. The van der Waals surface area contributed by atoms with E-state index in [0.29, 0.717) is 10.7 Å². The zero-order chi connectivity index (χ0) is 15.9. The maximum atomic E-state index is 12.5. The monoisotopic (exact) mass is 312 g/mol. The molecule has 0 aliphatic heterocycles. The van der Waals surface area contributed by atoms with E-state index < -0.39 is 0 Å². The molecule has 3 rings (SSSR count). The lowest BCUT2D eigenvalue weighted by molar-refractivity contribution is 0.587. The maximum Gasteiger partial charge on any atom is 0.348 e. The van der Waals surface area contributed by atoms with Crippen LogP contribution in [0.5, 0.6) is 0 Å². The molecule has 0 saturated carbocycles. The van der Waals surface area contributed by atoms with E-state index in [0.717, 1.165) is 22.0 Å². The topological polar surface area (TPSA) is 34.9 Å². The fourth-order valence-electron chi connectivity index (χ4n) is 2.68. The summed E-state index contributed by atoms with van der Waals surface area (Å²) in [6.45, 7) is 6.01. The smallest absolute Gasteiger partial charge is 0.289 e. The Hall–Kier alpha value is -2.13. The van der Waals surface area contributed by atoms with E-state index in [-0.39, 0.29) is 11.7 Å². The number of rotatable bonds is 2. The van der Waals surface area contributed by atoms with Crippen LogP contribution in [0, 0.1) is 6.92 Å². The molecule has 1 heterocycles. The quantitative estimate of drug-likeness (QED) is 0.693. The molecule has 0 atom stereocenters. The highest BCUT2D eigenvalue weighted by molar-refractivity contribution is 6.30. The SMILES string of the molecule is Cc1ccc2c(-c3ccc(Cl)cc3)nc(=O)n(C(C)C)c2c1. The van der Waals surface area contributed by atoms with Crippen LogP contribution < -0.4 is 5.69 Å². The van der Waals surface area contributed by atoms with Crippen LogP contribution in [0.15, 0.2) is 47.3 Å². The third kappa shape index (κ3) is 2.53. The van der Waals surface area contributed by atoms with Gasteiger partial charge < -0.3 is 0 Å². The molecule has 1 aromatic heterocycles. The van der Waals surface area contributed by atoms with E-state index >= 15 is 0 Å². The Kier molecular flexibility index (Phi) is 3.75. The van der Waals surface area contributed by atoms with Crippen molar-refractivity contribution in [2.75, 3.05) is 0 Å². The Balaban J connectivity index is 2.40. The Morgan fingerprint density at radius 2 is 1.77 bits per heavy atom. The Morgan fingerprint density at radius 3 is 2.41 bits per heavy atom. The molecule has 0 radical (unpaired) electrons. The third-order valence-electron chi connectivity index (χ3n) is 3.72. The molecule has 22 heavy (non-hydrogen) atoms. The molecule has 0 aliphatic rings. The van der Waals surface area contributed by atoms with Gasteiger partial charge in [-0.3, -0.25) is 4.57 Å². The number of aromatic nitrogens is 2. The molecule has 0 saturated heterocycles. The first-order chi connectivity index (χ1) is 10.5. The Morgan fingerprint density at radius 1 is 1.09 bits per heavy atom. The second kappa shape index (κ2) is 5.58. The fourth-order valence-corrected chi connectivity index (χ4v) is 2.81.